The van der Waals surface area contributed by atoms with Gasteiger partial charge in [-0.1, -0.05) is 37.3 Å². The molecule has 0 fully saturated rings. The number of sulfonamides is 1. The number of carbonyl (C=O) groups excluding carboxylic acids is 2. The Bertz CT molecular complexity index is 1350. The van der Waals surface area contributed by atoms with E-state index in [4.69, 9.17) is 4.74 Å². The Labute approximate surface area is 196 Å². The number of rotatable bonds is 9. The number of carboxylic acid groups (broad SMARTS) is 1. The van der Waals surface area contributed by atoms with Gasteiger partial charge >= 0.3 is 5.97 Å². The number of aliphatic carboxylic acids is 1. The van der Waals surface area contributed by atoms with E-state index in [1.54, 1.807) is 42.5 Å². The molecular formula is C24H24N2O7S. The lowest BCUT2D eigenvalue weighted by Gasteiger charge is -2.18. The van der Waals surface area contributed by atoms with E-state index in [0.717, 1.165) is 0 Å². The highest BCUT2D eigenvalue weighted by atomic mass is 32.2. The number of imide groups is 1. The summed E-state index contributed by atoms with van der Waals surface area (Å²) in [7, 11) is -2.85. The first-order valence-electron chi connectivity index (χ1n) is 10.4. The van der Waals surface area contributed by atoms with E-state index in [2.05, 4.69) is 10.0 Å². The number of nitrogens with one attached hydrogen (secondary N) is 2. The highest BCUT2D eigenvalue weighted by molar-refractivity contribution is 7.89. The fraction of sp³-hybridized carbons (Fsp3) is 0.208. The number of hydrogen-bond donors (Lipinski definition) is 3. The van der Waals surface area contributed by atoms with Crippen LogP contribution in [0, 0.1) is 0 Å². The number of methoxy groups -OCH3 is 1. The van der Waals surface area contributed by atoms with Gasteiger partial charge in [0.05, 0.1) is 18.4 Å². The molecule has 9 nitrogen and oxygen atoms in total. The number of fused-ring (bicyclic) bond motifs is 1. The van der Waals surface area contributed by atoms with E-state index in [-0.39, 0.29) is 10.5 Å². The minimum Gasteiger partial charge on any atom is -0.497 e. The summed E-state index contributed by atoms with van der Waals surface area (Å²) in [5, 5.41) is 12.3. The standard InChI is InChI=1S/C24H24N2O7S/c1-3-15-7-4-5-9-19(15)23(29)25-24(30)20(14-22(27)28)26-34(31,32)21-10-6-8-16-13-17(33-2)11-12-18(16)21/h4-13,20,26H,3,14H2,1-2H3,(H,27,28)(H,25,29,30)/t20-/m0/s1. The molecule has 0 spiro atoms. The Morgan fingerprint density at radius 3 is 2.44 bits per heavy atom. The maximum Gasteiger partial charge on any atom is 0.305 e. The Morgan fingerprint density at radius 2 is 1.76 bits per heavy atom. The van der Waals surface area contributed by atoms with Gasteiger partial charge < -0.3 is 9.84 Å². The number of carbonyl (C=O) groups is 3. The summed E-state index contributed by atoms with van der Waals surface area (Å²) in [6.07, 6.45) is -0.318. The molecule has 3 rings (SSSR count). The van der Waals surface area contributed by atoms with Crippen molar-refractivity contribution in [2.75, 3.05) is 7.11 Å². The van der Waals surface area contributed by atoms with Crippen molar-refractivity contribution in [2.45, 2.75) is 30.7 Å². The molecule has 2 amide bonds. The van der Waals surface area contributed by atoms with Gasteiger partial charge in [0.2, 0.25) is 15.9 Å². The zero-order chi connectivity index (χ0) is 24.9. The van der Waals surface area contributed by atoms with E-state index >= 15 is 0 Å². The fourth-order valence-corrected chi connectivity index (χ4v) is 4.95. The fourth-order valence-electron chi connectivity index (χ4n) is 3.52. The molecule has 1 atom stereocenters. The highest BCUT2D eigenvalue weighted by Gasteiger charge is 2.30. The first kappa shape index (κ1) is 24.9. The number of ether oxygens (including phenoxy) is 1. The quantitative estimate of drug-likeness (QED) is 0.424. The van der Waals surface area contributed by atoms with Crippen LogP contribution in [0.15, 0.2) is 65.6 Å². The van der Waals surface area contributed by atoms with Crippen molar-refractivity contribution < 1.29 is 32.6 Å². The maximum atomic E-state index is 13.2. The number of benzene rings is 3. The average molecular weight is 485 g/mol. The van der Waals surface area contributed by atoms with Crippen LogP contribution in [-0.2, 0) is 26.0 Å². The number of aryl methyl sites for hydroxylation is 1. The molecule has 0 aliphatic heterocycles. The molecule has 0 heterocycles. The van der Waals surface area contributed by atoms with Crippen LogP contribution in [-0.4, -0.2) is 44.5 Å². The molecule has 0 unspecified atom stereocenters. The molecule has 0 bridgehead atoms. The number of amides is 2. The molecule has 3 N–H and O–H groups in total. The van der Waals surface area contributed by atoms with Crippen LogP contribution in [0.25, 0.3) is 10.8 Å². The van der Waals surface area contributed by atoms with Crippen LogP contribution in [0.2, 0.25) is 0 Å². The summed E-state index contributed by atoms with van der Waals surface area (Å²) in [5.41, 5.74) is 0.938. The SMILES string of the molecule is CCc1ccccc1C(=O)NC(=O)[C@H](CC(=O)O)NS(=O)(=O)c1cccc2cc(OC)ccc12. The van der Waals surface area contributed by atoms with Crippen LogP contribution in [0.4, 0.5) is 0 Å². The monoisotopic (exact) mass is 484 g/mol. The Hall–Kier alpha value is -3.76. The van der Waals surface area contributed by atoms with Crippen molar-refractivity contribution in [1.82, 2.24) is 10.0 Å². The molecule has 10 heteroatoms. The van der Waals surface area contributed by atoms with Gasteiger partial charge in [0.1, 0.15) is 11.8 Å². The molecule has 0 radical (unpaired) electrons. The Balaban J connectivity index is 1.90. The average Bonchev–Trinajstić information content (AvgIpc) is 2.82. The predicted molar refractivity (Wildman–Crippen MR) is 125 cm³/mol. The first-order chi connectivity index (χ1) is 16.2. The van der Waals surface area contributed by atoms with Crippen LogP contribution in [0.5, 0.6) is 5.75 Å². The van der Waals surface area contributed by atoms with Gasteiger partial charge in [-0.2, -0.15) is 4.72 Å². The summed E-state index contributed by atoms with van der Waals surface area (Å²) in [4.78, 5) is 36.6. The second-order valence-electron chi connectivity index (χ2n) is 7.44. The Morgan fingerprint density at radius 1 is 1.03 bits per heavy atom. The third-order valence-corrected chi connectivity index (χ3v) is 6.74. The lowest BCUT2D eigenvalue weighted by Crippen LogP contribution is -2.49. The lowest BCUT2D eigenvalue weighted by atomic mass is 10.0. The lowest BCUT2D eigenvalue weighted by molar-refractivity contribution is -0.139. The predicted octanol–water partition coefficient (Wildman–Crippen LogP) is 2.49. The highest BCUT2D eigenvalue weighted by Crippen LogP contribution is 2.27. The molecule has 0 saturated heterocycles. The molecule has 0 aromatic heterocycles. The second-order valence-corrected chi connectivity index (χ2v) is 9.13. The van der Waals surface area contributed by atoms with Crippen molar-refractivity contribution in [3.05, 3.63) is 71.8 Å². The van der Waals surface area contributed by atoms with Gasteiger partial charge in [-0.05, 0) is 47.7 Å². The number of hydrogen-bond acceptors (Lipinski definition) is 6. The zero-order valence-corrected chi connectivity index (χ0v) is 19.4. The normalized spacial score (nSPS) is 12.2. The third kappa shape index (κ3) is 5.59. The van der Waals surface area contributed by atoms with Gasteiger partial charge in [0.15, 0.2) is 0 Å². The van der Waals surface area contributed by atoms with Gasteiger partial charge in [0, 0.05) is 10.9 Å². The maximum absolute atomic E-state index is 13.2. The summed E-state index contributed by atoms with van der Waals surface area (Å²) in [5.74, 6) is -2.69. The summed E-state index contributed by atoms with van der Waals surface area (Å²) in [6, 6.07) is 14.3. The molecule has 0 aliphatic rings. The molecule has 0 aliphatic carbocycles. The number of carboxylic acids is 1. The molecule has 178 valence electrons. The van der Waals surface area contributed by atoms with Crippen molar-refractivity contribution in [3.8, 4) is 5.75 Å². The zero-order valence-electron chi connectivity index (χ0n) is 18.6. The molecule has 0 saturated carbocycles. The molecule has 34 heavy (non-hydrogen) atoms. The van der Waals surface area contributed by atoms with Crippen molar-refractivity contribution in [1.29, 1.82) is 0 Å². The molecular weight excluding hydrogens is 460 g/mol. The first-order valence-corrected chi connectivity index (χ1v) is 11.9. The smallest absolute Gasteiger partial charge is 0.305 e. The van der Waals surface area contributed by atoms with Gasteiger partial charge in [0.25, 0.3) is 5.91 Å². The largest absolute Gasteiger partial charge is 0.497 e. The third-order valence-electron chi connectivity index (χ3n) is 5.21. The van der Waals surface area contributed by atoms with Crippen LogP contribution in [0.1, 0.15) is 29.3 Å². The van der Waals surface area contributed by atoms with E-state index in [1.165, 1.54) is 25.3 Å². The van der Waals surface area contributed by atoms with Crippen LogP contribution >= 0.6 is 0 Å². The van der Waals surface area contributed by atoms with E-state index in [0.29, 0.717) is 28.5 Å². The van der Waals surface area contributed by atoms with Crippen molar-refractivity contribution >= 4 is 38.6 Å². The minimum atomic E-state index is -4.34. The van der Waals surface area contributed by atoms with Crippen LogP contribution in [0.3, 0.4) is 0 Å². The van der Waals surface area contributed by atoms with Gasteiger partial charge in [-0.3, -0.25) is 19.7 Å². The molecule has 3 aromatic rings. The summed E-state index contributed by atoms with van der Waals surface area (Å²) < 4.78 is 33.6. The summed E-state index contributed by atoms with van der Waals surface area (Å²) >= 11 is 0. The van der Waals surface area contributed by atoms with Gasteiger partial charge in [-0.25, -0.2) is 8.42 Å². The van der Waals surface area contributed by atoms with E-state index in [9.17, 15) is 27.9 Å². The van der Waals surface area contributed by atoms with Crippen molar-refractivity contribution in [2.24, 2.45) is 0 Å². The molecule has 3 aromatic carbocycles. The van der Waals surface area contributed by atoms with Gasteiger partial charge in [-0.15, -0.1) is 0 Å². The minimum absolute atomic E-state index is 0.140. The van der Waals surface area contributed by atoms with E-state index < -0.39 is 40.3 Å². The topological polar surface area (TPSA) is 139 Å². The van der Waals surface area contributed by atoms with E-state index in [1.807, 2.05) is 6.92 Å². The summed E-state index contributed by atoms with van der Waals surface area (Å²) in [6.45, 7) is 1.84. The Kier molecular flexibility index (Phi) is 7.64. The van der Waals surface area contributed by atoms with Crippen LogP contribution < -0.4 is 14.8 Å². The second kappa shape index (κ2) is 10.4. The van der Waals surface area contributed by atoms with Crippen molar-refractivity contribution in [3.63, 3.8) is 0 Å².